The molecule has 0 unspecified atom stereocenters. The average Bonchev–Trinajstić information content (AvgIpc) is 2.67. The molecule has 1 N–H and O–H groups in total. The van der Waals surface area contributed by atoms with Crippen LogP contribution in [0.3, 0.4) is 0 Å². The number of pyridine rings is 1. The quantitative estimate of drug-likeness (QED) is 0.934. The van der Waals surface area contributed by atoms with Crippen molar-refractivity contribution in [1.82, 2.24) is 10.3 Å². The van der Waals surface area contributed by atoms with Gasteiger partial charge in [-0.15, -0.1) is 11.3 Å². The van der Waals surface area contributed by atoms with Gasteiger partial charge in [0.2, 0.25) is 0 Å². The third kappa shape index (κ3) is 3.14. The highest BCUT2D eigenvalue weighted by atomic mass is 79.9. The van der Waals surface area contributed by atoms with Crippen LogP contribution in [0.5, 0.6) is 0 Å². The van der Waals surface area contributed by atoms with E-state index >= 15 is 0 Å². The molecule has 0 saturated carbocycles. The number of hydrogen-bond acceptors (Lipinski definition) is 3. The summed E-state index contributed by atoms with van der Waals surface area (Å²) < 4.78 is 1.18. The lowest BCUT2D eigenvalue weighted by molar-refractivity contribution is 0.690. The van der Waals surface area contributed by atoms with Crippen LogP contribution in [0.1, 0.15) is 16.7 Å². The first-order valence-corrected chi connectivity index (χ1v) is 6.76. The third-order valence-electron chi connectivity index (χ3n) is 2.41. The van der Waals surface area contributed by atoms with Crippen molar-refractivity contribution in [2.24, 2.45) is 0 Å². The molecule has 0 aromatic carbocycles. The largest absolute Gasteiger partial charge is 0.309 e. The summed E-state index contributed by atoms with van der Waals surface area (Å²) in [7, 11) is 0. The molecule has 4 heteroatoms. The van der Waals surface area contributed by atoms with Gasteiger partial charge in [-0.05, 0) is 57.1 Å². The van der Waals surface area contributed by atoms with Crippen LogP contribution in [0.4, 0.5) is 0 Å². The highest BCUT2D eigenvalue weighted by Gasteiger charge is 1.99. The Morgan fingerprint density at radius 3 is 3.00 bits per heavy atom. The van der Waals surface area contributed by atoms with Gasteiger partial charge in [-0.2, -0.15) is 0 Å². The SMILES string of the molecule is Cc1ccncc1CNCc1csc(Br)c1. The highest BCUT2D eigenvalue weighted by Crippen LogP contribution is 2.20. The highest BCUT2D eigenvalue weighted by molar-refractivity contribution is 9.11. The summed E-state index contributed by atoms with van der Waals surface area (Å²) in [5.74, 6) is 0. The lowest BCUT2D eigenvalue weighted by atomic mass is 10.1. The molecule has 2 aromatic heterocycles. The summed E-state index contributed by atoms with van der Waals surface area (Å²) in [6.07, 6.45) is 3.75. The van der Waals surface area contributed by atoms with Crippen LogP contribution < -0.4 is 5.32 Å². The second-order valence-electron chi connectivity index (χ2n) is 3.66. The zero-order chi connectivity index (χ0) is 11.4. The zero-order valence-corrected chi connectivity index (χ0v) is 11.4. The van der Waals surface area contributed by atoms with E-state index in [1.807, 2.05) is 18.5 Å². The van der Waals surface area contributed by atoms with Crippen LogP contribution in [-0.4, -0.2) is 4.98 Å². The van der Waals surface area contributed by atoms with Gasteiger partial charge in [-0.25, -0.2) is 0 Å². The van der Waals surface area contributed by atoms with Crippen LogP contribution in [0.15, 0.2) is 33.7 Å². The van der Waals surface area contributed by atoms with E-state index in [1.54, 1.807) is 11.3 Å². The lowest BCUT2D eigenvalue weighted by Crippen LogP contribution is -2.13. The van der Waals surface area contributed by atoms with Crippen LogP contribution in [0.25, 0.3) is 0 Å². The van der Waals surface area contributed by atoms with Crippen molar-refractivity contribution in [3.8, 4) is 0 Å². The molecule has 0 aliphatic heterocycles. The minimum Gasteiger partial charge on any atom is -0.309 e. The predicted octanol–water partition coefficient (Wildman–Crippen LogP) is 3.50. The van der Waals surface area contributed by atoms with Crippen molar-refractivity contribution in [1.29, 1.82) is 0 Å². The minimum absolute atomic E-state index is 0.868. The normalized spacial score (nSPS) is 10.6. The number of nitrogens with zero attached hydrogens (tertiary/aromatic N) is 1. The maximum atomic E-state index is 4.13. The fourth-order valence-electron chi connectivity index (χ4n) is 1.46. The molecule has 2 heterocycles. The van der Waals surface area contributed by atoms with Gasteiger partial charge >= 0.3 is 0 Å². The lowest BCUT2D eigenvalue weighted by Gasteiger charge is -2.05. The standard InChI is InChI=1S/C12H13BrN2S/c1-9-2-3-14-6-11(9)7-15-5-10-4-12(13)16-8-10/h2-4,6,8,15H,5,7H2,1H3. The molecule has 0 fully saturated rings. The molecule has 2 rings (SSSR count). The smallest absolute Gasteiger partial charge is 0.0701 e. The molecule has 0 radical (unpaired) electrons. The molecular formula is C12H13BrN2S. The Bertz CT molecular complexity index is 468. The number of aromatic nitrogens is 1. The molecular weight excluding hydrogens is 284 g/mol. The summed E-state index contributed by atoms with van der Waals surface area (Å²) in [6.45, 7) is 3.88. The summed E-state index contributed by atoms with van der Waals surface area (Å²) in [6, 6.07) is 4.19. The van der Waals surface area contributed by atoms with Crippen LogP contribution in [-0.2, 0) is 13.1 Å². The Labute approximate surface area is 108 Å². The van der Waals surface area contributed by atoms with Crippen molar-refractivity contribution >= 4 is 27.3 Å². The van der Waals surface area contributed by atoms with Gasteiger partial charge in [0.25, 0.3) is 0 Å². The Balaban J connectivity index is 1.87. The molecule has 84 valence electrons. The predicted molar refractivity (Wildman–Crippen MR) is 71.5 cm³/mol. The van der Waals surface area contributed by atoms with Gasteiger partial charge in [-0.3, -0.25) is 4.98 Å². The van der Waals surface area contributed by atoms with Crippen molar-refractivity contribution in [3.63, 3.8) is 0 Å². The number of halogens is 1. The molecule has 2 nitrogen and oxygen atoms in total. The molecule has 2 aromatic rings. The van der Waals surface area contributed by atoms with Gasteiger partial charge < -0.3 is 5.32 Å². The monoisotopic (exact) mass is 296 g/mol. The third-order valence-corrected chi connectivity index (χ3v) is 3.97. The van der Waals surface area contributed by atoms with E-state index in [4.69, 9.17) is 0 Å². The van der Waals surface area contributed by atoms with E-state index < -0.39 is 0 Å². The van der Waals surface area contributed by atoms with E-state index in [9.17, 15) is 0 Å². The van der Waals surface area contributed by atoms with E-state index in [0.29, 0.717) is 0 Å². The van der Waals surface area contributed by atoms with E-state index in [0.717, 1.165) is 13.1 Å². The Hall–Kier alpha value is -0.710. The minimum atomic E-state index is 0.868. The second kappa shape index (κ2) is 5.57. The number of aryl methyl sites for hydroxylation is 1. The molecule has 0 saturated heterocycles. The molecule has 0 aliphatic rings. The molecule has 16 heavy (non-hydrogen) atoms. The first-order valence-electron chi connectivity index (χ1n) is 5.09. The number of nitrogens with one attached hydrogen (secondary N) is 1. The fourth-order valence-corrected chi connectivity index (χ4v) is 2.67. The zero-order valence-electron chi connectivity index (χ0n) is 9.03. The van der Waals surface area contributed by atoms with Crippen LogP contribution >= 0.6 is 27.3 Å². The number of thiophene rings is 1. The summed E-state index contributed by atoms with van der Waals surface area (Å²) >= 11 is 5.18. The number of rotatable bonds is 4. The van der Waals surface area contributed by atoms with Gasteiger partial charge in [0, 0.05) is 25.5 Å². The first kappa shape index (κ1) is 11.8. The van der Waals surface area contributed by atoms with E-state index in [2.05, 4.69) is 44.6 Å². The maximum Gasteiger partial charge on any atom is 0.0701 e. The molecule has 0 aliphatic carbocycles. The van der Waals surface area contributed by atoms with Gasteiger partial charge in [0.1, 0.15) is 0 Å². The summed E-state index contributed by atoms with van der Waals surface area (Å²) in [5, 5.41) is 5.58. The van der Waals surface area contributed by atoms with Gasteiger partial charge in [0.05, 0.1) is 3.79 Å². The summed E-state index contributed by atoms with van der Waals surface area (Å²) in [5.41, 5.74) is 3.87. The van der Waals surface area contributed by atoms with Crippen molar-refractivity contribution in [3.05, 3.63) is 50.4 Å². The molecule has 0 atom stereocenters. The van der Waals surface area contributed by atoms with Crippen molar-refractivity contribution < 1.29 is 0 Å². The van der Waals surface area contributed by atoms with Crippen molar-refractivity contribution in [2.75, 3.05) is 0 Å². The topological polar surface area (TPSA) is 24.9 Å². The molecule has 0 bridgehead atoms. The number of hydrogen-bond donors (Lipinski definition) is 1. The second-order valence-corrected chi connectivity index (χ2v) is 5.96. The Kier molecular flexibility index (Phi) is 4.09. The molecule has 0 amide bonds. The van der Waals surface area contributed by atoms with E-state index in [1.165, 1.54) is 20.5 Å². The fraction of sp³-hybridized carbons (Fsp3) is 0.250. The van der Waals surface area contributed by atoms with Gasteiger partial charge in [0.15, 0.2) is 0 Å². The molecule has 0 spiro atoms. The summed E-state index contributed by atoms with van der Waals surface area (Å²) in [4.78, 5) is 4.13. The van der Waals surface area contributed by atoms with Crippen molar-refractivity contribution in [2.45, 2.75) is 20.0 Å². The van der Waals surface area contributed by atoms with E-state index in [-0.39, 0.29) is 0 Å². The maximum absolute atomic E-state index is 4.13. The van der Waals surface area contributed by atoms with Crippen LogP contribution in [0, 0.1) is 6.92 Å². The first-order chi connectivity index (χ1) is 7.75. The Morgan fingerprint density at radius 2 is 2.31 bits per heavy atom. The van der Waals surface area contributed by atoms with Crippen LogP contribution in [0.2, 0.25) is 0 Å². The Morgan fingerprint density at radius 1 is 1.44 bits per heavy atom. The average molecular weight is 297 g/mol. The van der Waals surface area contributed by atoms with Gasteiger partial charge in [-0.1, -0.05) is 0 Å².